The molecule has 3 amide bonds. The summed E-state index contributed by atoms with van der Waals surface area (Å²) in [4.78, 5) is 38.9. The van der Waals surface area contributed by atoms with Crippen molar-refractivity contribution >= 4 is 29.5 Å². The fourth-order valence-electron chi connectivity index (χ4n) is 3.57. The molecule has 2 heterocycles. The van der Waals surface area contributed by atoms with E-state index in [0.29, 0.717) is 35.8 Å². The Bertz CT molecular complexity index is 1000. The molecule has 10 heteroatoms. The van der Waals surface area contributed by atoms with Crippen molar-refractivity contribution in [2.24, 2.45) is 5.92 Å². The summed E-state index contributed by atoms with van der Waals surface area (Å²) in [5.41, 5.74) is 0.557. The van der Waals surface area contributed by atoms with Crippen LogP contribution in [-0.2, 0) is 9.53 Å². The molecule has 33 heavy (non-hydrogen) atoms. The van der Waals surface area contributed by atoms with Gasteiger partial charge in [-0.25, -0.2) is 9.48 Å². The fourth-order valence-corrected chi connectivity index (χ4v) is 3.79. The van der Waals surface area contributed by atoms with E-state index in [1.165, 1.54) is 6.20 Å². The molecule has 1 aliphatic heterocycles. The molecule has 178 valence electrons. The van der Waals surface area contributed by atoms with Crippen LogP contribution in [0.4, 0.5) is 4.79 Å². The van der Waals surface area contributed by atoms with E-state index >= 15 is 0 Å². The summed E-state index contributed by atoms with van der Waals surface area (Å²) in [7, 11) is 0. The van der Waals surface area contributed by atoms with Crippen molar-refractivity contribution in [2.75, 3.05) is 26.2 Å². The van der Waals surface area contributed by atoms with Crippen LogP contribution in [0.25, 0.3) is 5.69 Å². The van der Waals surface area contributed by atoms with Crippen LogP contribution in [0, 0.1) is 5.92 Å². The van der Waals surface area contributed by atoms with Crippen molar-refractivity contribution in [3.63, 3.8) is 0 Å². The predicted molar refractivity (Wildman–Crippen MR) is 124 cm³/mol. The molecule has 0 radical (unpaired) electrons. The zero-order chi connectivity index (χ0) is 24.0. The Morgan fingerprint density at radius 3 is 2.64 bits per heavy atom. The van der Waals surface area contributed by atoms with Crippen LogP contribution in [0.15, 0.2) is 36.7 Å². The second-order valence-electron chi connectivity index (χ2n) is 8.94. The molecule has 0 saturated carbocycles. The zero-order valence-electron chi connectivity index (χ0n) is 19.1. The quantitative estimate of drug-likeness (QED) is 0.625. The molecule has 2 aromatic rings. The molecule has 3 rings (SSSR count). The Morgan fingerprint density at radius 1 is 1.18 bits per heavy atom. The minimum absolute atomic E-state index is 0.134. The summed E-state index contributed by atoms with van der Waals surface area (Å²) >= 11 is 6.22. The molecule has 1 atom stereocenters. The maximum atomic E-state index is 13.0. The summed E-state index contributed by atoms with van der Waals surface area (Å²) < 4.78 is 6.73. The summed E-state index contributed by atoms with van der Waals surface area (Å²) in [6.07, 6.45) is 4.07. The average molecular weight is 476 g/mol. The van der Waals surface area contributed by atoms with Crippen LogP contribution >= 0.6 is 11.6 Å². The smallest absolute Gasteiger partial charge is 0.407 e. The van der Waals surface area contributed by atoms with Crippen LogP contribution in [0.5, 0.6) is 0 Å². The number of likely N-dealkylation sites (tertiary alicyclic amines) is 1. The number of benzene rings is 1. The standard InChI is InChI=1S/C23H30ClN5O4/c1-23(2,3)33-22(32)26-11-10-25-20(30)16-7-6-12-28(14-16)21(31)17-13-27-29(15-17)19-9-5-4-8-18(19)24/h4-5,8-9,13,15-16H,6-7,10-12,14H2,1-3H3,(H,25,30)(H,26,32). The topological polar surface area (TPSA) is 106 Å². The van der Waals surface area contributed by atoms with E-state index in [0.717, 1.165) is 6.42 Å². The highest BCUT2D eigenvalue weighted by atomic mass is 35.5. The van der Waals surface area contributed by atoms with Crippen molar-refractivity contribution in [3.05, 3.63) is 47.2 Å². The largest absolute Gasteiger partial charge is 0.444 e. The number of amides is 3. The van der Waals surface area contributed by atoms with E-state index in [4.69, 9.17) is 16.3 Å². The van der Waals surface area contributed by atoms with Crippen molar-refractivity contribution in [1.29, 1.82) is 0 Å². The Labute approximate surface area is 198 Å². The van der Waals surface area contributed by atoms with Crippen molar-refractivity contribution in [2.45, 2.75) is 39.2 Å². The lowest BCUT2D eigenvalue weighted by Gasteiger charge is -2.31. The maximum Gasteiger partial charge on any atom is 0.407 e. The average Bonchev–Trinajstić information content (AvgIpc) is 3.25. The van der Waals surface area contributed by atoms with E-state index in [2.05, 4.69) is 15.7 Å². The third-order valence-electron chi connectivity index (χ3n) is 5.10. The molecule has 2 N–H and O–H groups in total. The molecule has 0 aliphatic carbocycles. The number of hydrogen-bond acceptors (Lipinski definition) is 5. The van der Waals surface area contributed by atoms with E-state index in [1.54, 1.807) is 42.6 Å². The number of nitrogens with zero attached hydrogens (tertiary/aromatic N) is 3. The van der Waals surface area contributed by atoms with Crippen LogP contribution in [0.2, 0.25) is 5.02 Å². The number of aromatic nitrogens is 2. The minimum Gasteiger partial charge on any atom is -0.444 e. The van der Waals surface area contributed by atoms with Crippen LogP contribution in [0.1, 0.15) is 44.0 Å². The van der Waals surface area contributed by atoms with Crippen molar-refractivity contribution in [3.8, 4) is 5.69 Å². The third-order valence-corrected chi connectivity index (χ3v) is 5.42. The van der Waals surface area contributed by atoms with E-state index in [9.17, 15) is 14.4 Å². The van der Waals surface area contributed by atoms with Gasteiger partial charge in [0.1, 0.15) is 5.60 Å². The maximum absolute atomic E-state index is 13.0. The van der Waals surface area contributed by atoms with E-state index in [-0.39, 0.29) is 30.8 Å². The Hall–Kier alpha value is -3.07. The van der Waals surface area contributed by atoms with Crippen LogP contribution in [-0.4, -0.2) is 64.4 Å². The number of rotatable bonds is 6. The summed E-state index contributed by atoms with van der Waals surface area (Å²) in [6, 6.07) is 7.26. The molecule has 1 fully saturated rings. The molecular weight excluding hydrogens is 446 g/mol. The summed E-state index contributed by atoms with van der Waals surface area (Å²) in [5, 5.41) is 10.2. The van der Waals surface area contributed by atoms with Gasteiger partial charge in [-0.05, 0) is 45.7 Å². The van der Waals surface area contributed by atoms with Gasteiger partial charge in [0.05, 0.1) is 28.4 Å². The van der Waals surface area contributed by atoms with Crippen LogP contribution < -0.4 is 10.6 Å². The van der Waals surface area contributed by atoms with Gasteiger partial charge in [-0.1, -0.05) is 23.7 Å². The molecule has 1 aromatic carbocycles. The Balaban J connectivity index is 1.50. The first kappa shape index (κ1) is 24.6. The third kappa shape index (κ3) is 6.95. The van der Waals surface area contributed by atoms with Gasteiger partial charge in [-0.15, -0.1) is 0 Å². The normalized spacial score (nSPS) is 16.2. The lowest BCUT2D eigenvalue weighted by molar-refractivity contribution is -0.126. The molecule has 0 spiro atoms. The second kappa shape index (κ2) is 10.7. The van der Waals surface area contributed by atoms with Gasteiger partial charge in [0.2, 0.25) is 5.91 Å². The molecule has 1 saturated heterocycles. The van der Waals surface area contributed by atoms with Crippen molar-refractivity contribution in [1.82, 2.24) is 25.3 Å². The van der Waals surface area contributed by atoms with Crippen molar-refractivity contribution < 1.29 is 19.1 Å². The highest BCUT2D eigenvalue weighted by Crippen LogP contribution is 2.22. The number of para-hydroxylation sites is 1. The lowest BCUT2D eigenvalue weighted by atomic mass is 9.96. The Morgan fingerprint density at radius 2 is 1.91 bits per heavy atom. The molecule has 1 aliphatic rings. The molecule has 9 nitrogen and oxygen atoms in total. The lowest BCUT2D eigenvalue weighted by Crippen LogP contribution is -2.46. The van der Waals surface area contributed by atoms with Gasteiger partial charge in [0.25, 0.3) is 5.91 Å². The zero-order valence-corrected chi connectivity index (χ0v) is 19.9. The number of nitrogens with one attached hydrogen (secondary N) is 2. The number of hydrogen-bond donors (Lipinski definition) is 2. The predicted octanol–water partition coefficient (Wildman–Crippen LogP) is 3.02. The van der Waals surface area contributed by atoms with Gasteiger partial charge in [0.15, 0.2) is 0 Å². The molecule has 1 aromatic heterocycles. The summed E-state index contributed by atoms with van der Waals surface area (Å²) in [6.45, 7) is 6.82. The second-order valence-corrected chi connectivity index (χ2v) is 9.34. The molecular formula is C23H30ClN5O4. The minimum atomic E-state index is -0.574. The van der Waals surface area contributed by atoms with Gasteiger partial charge in [-0.3, -0.25) is 9.59 Å². The first-order valence-corrected chi connectivity index (χ1v) is 11.4. The van der Waals surface area contributed by atoms with Gasteiger partial charge >= 0.3 is 6.09 Å². The fraction of sp³-hybridized carbons (Fsp3) is 0.478. The first-order valence-electron chi connectivity index (χ1n) is 11.0. The van der Waals surface area contributed by atoms with E-state index in [1.807, 2.05) is 18.2 Å². The van der Waals surface area contributed by atoms with Gasteiger partial charge < -0.3 is 20.3 Å². The first-order chi connectivity index (χ1) is 15.6. The number of piperidine rings is 1. The summed E-state index contributed by atoms with van der Waals surface area (Å²) in [5.74, 6) is -0.606. The highest BCUT2D eigenvalue weighted by Gasteiger charge is 2.29. The number of carbonyl (C=O) groups is 3. The van der Waals surface area contributed by atoms with Gasteiger partial charge in [-0.2, -0.15) is 5.10 Å². The number of ether oxygens (including phenoxy) is 1. The van der Waals surface area contributed by atoms with E-state index < -0.39 is 11.7 Å². The van der Waals surface area contributed by atoms with Gasteiger partial charge in [0, 0.05) is 32.4 Å². The Kier molecular flexibility index (Phi) is 7.97. The highest BCUT2D eigenvalue weighted by molar-refractivity contribution is 6.32. The SMILES string of the molecule is CC(C)(C)OC(=O)NCCNC(=O)C1CCCN(C(=O)c2cnn(-c3ccccc3Cl)c2)C1. The molecule has 1 unspecified atom stereocenters. The van der Waals surface area contributed by atoms with Crippen LogP contribution in [0.3, 0.4) is 0 Å². The number of carbonyl (C=O) groups excluding carboxylic acids is 3. The number of alkyl carbamates (subject to hydrolysis) is 1. The molecule has 0 bridgehead atoms. The number of halogens is 1. The monoisotopic (exact) mass is 475 g/mol.